The highest BCUT2D eigenvalue weighted by Gasteiger charge is 2.38. The summed E-state index contributed by atoms with van der Waals surface area (Å²) >= 11 is 1.67. The summed E-state index contributed by atoms with van der Waals surface area (Å²) in [5, 5.41) is 6.23. The van der Waals surface area contributed by atoms with Gasteiger partial charge in [-0.15, -0.1) is 11.8 Å². The normalized spacial score (nSPS) is 19.0. The lowest BCUT2D eigenvalue weighted by atomic mass is 9.75. The van der Waals surface area contributed by atoms with E-state index in [9.17, 15) is 9.59 Å². The summed E-state index contributed by atoms with van der Waals surface area (Å²) < 4.78 is 0. The van der Waals surface area contributed by atoms with Crippen LogP contribution in [0, 0.1) is 0 Å². The summed E-state index contributed by atoms with van der Waals surface area (Å²) in [6.07, 6.45) is 5.85. The van der Waals surface area contributed by atoms with Crippen LogP contribution < -0.4 is 10.6 Å². The Labute approximate surface area is 174 Å². The highest BCUT2D eigenvalue weighted by Crippen LogP contribution is 2.42. The molecule has 1 aromatic heterocycles. The fourth-order valence-electron chi connectivity index (χ4n) is 4.03. The third-order valence-corrected chi connectivity index (χ3v) is 6.12. The molecule has 1 aliphatic carbocycles. The fraction of sp³-hybridized carbons (Fsp3) is 0.261. The summed E-state index contributed by atoms with van der Waals surface area (Å²) in [4.78, 5) is 31.5. The Balaban J connectivity index is 1.78. The Morgan fingerprint density at radius 3 is 2.66 bits per heavy atom. The highest BCUT2D eigenvalue weighted by atomic mass is 32.2. The van der Waals surface area contributed by atoms with Crippen molar-refractivity contribution in [2.24, 2.45) is 0 Å². The van der Waals surface area contributed by atoms with Crippen LogP contribution in [-0.4, -0.2) is 22.9 Å². The average molecular weight is 406 g/mol. The highest BCUT2D eigenvalue weighted by molar-refractivity contribution is 7.98. The first-order valence-corrected chi connectivity index (χ1v) is 10.9. The van der Waals surface area contributed by atoms with Crippen molar-refractivity contribution in [3.8, 4) is 0 Å². The predicted molar refractivity (Wildman–Crippen MR) is 116 cm³/mol. The number of aromatic nitrogens is 1. The number of carbonyl (C=O) groups is 2. The minimum Gasteiger partial charge on any atom is -0.362 e. The van der Waals surface area contributed by atoms with Crippen molar-refractivity contribution in [2.75, 3.05) is 11.6 Å². The first kappa shape index (κ1) is 19.5. The van der Waals surface area contributed by atoms with Crippen LogP contribution in [-0.2, 0) is 9.59 Å². The number of hydrogen-bond acceptors (Lipinski definition) is 5. The van der Waals surface area contributed by atoms with E-state index >= 15 is 0 Å². The summed E-state index contributed by atoms with van der Waals surface area (Å²) in [5.41, 5.74) is 3.99. The molecular weight excluding hydrogens is 382 g/mol. The Hall–Kier alpha value is -2.86. The van der Waals surface area contributed by atoms with Gasteiger partial charge in [0.05, 0.1) is 0 Å². The maximum absolute atomic E-state index is 13.3. The van der Waals surface area contributed by atoms with Crippen molar-refractivity contribution in [3.63, 3.8) is 0 Å². The second kappa shape index (κ2) is 8.25. The third-order valence-electron chi connectivity index (χ3n) is 5.38. The molecule has 2 heterocycles. The molecule has 1 aliphatic heterocycles. The number of amides is 1. The Morgan fingerprint density at radius 1 is 1.17 bits per heavy atom. The smallest absolute Gasteiger partial charge is 0.255 e. The van der Waals surface area contributed by atoms with E-state index < -0.39 is 0 Å². The van der Waals surface area contributed by atoms with E-state index in [4.69, 9.17) is 0 Å². The van der Waals surface area contributed by atoms with E-state index in [0.29, 0.717) is 17.8 Å². The van der Waals surface area contributed by atoms with Gasteiger partial charge in [-0.05, 0) is 55.9 Å². The molecule has 5 nitrogen and oxygen atoms in total. The first-order chi connectivity index (χ1) is 14.1. The number of nitrogens with one attached hydrogen (secondary N) is 2. The maximum atomic E-state index is 13.3. The standard InChI is InChI=1S/C23H23N3O2S/c1-14-20(23(28)26-19-8-3-4-13-24-19)21(15-9-11-16(29-2)12-10-15)22-17(25-14)6-5-7-18(22)27/h3-4,8-13,21,25H,5-7H2,1-2H3,(H,24,26,28)/t21-/m1/s1. The molecule has 6 heteroatoms. The molecule has 0 saturated carbocycles. The van der Waals surface area contributed by atoms with Gasteiger partial charge in [-0.1, -0.05) is 18.2 Å². The molecule has 2 aliphatic rings. The second-order valence-electron chi connectivity index (χ2n) is 7.21. The van der Waals surface area contributed by atoms with Crippen molar-refractivity contribution in [2.45, 2.75) is 37.0 Å². The van der Waals surface area contributed by atoms with Crippen LogP contribution >= 0.6 is 11.8 Å². The molecule has 2 aromatic rings. The second-order valence-corrected chi connectivity index (χ2v) is 8.09. The van der Waals surface area contributed by atoms with Crippen molar-refractivity contribution in [1.29, 1.82) is 0 Å². The van der Waals surface area contributed by atoms with Gasteiger partial charge in [-0.25, -0.2) is 4.98 Å². The van der Waals surface area contributed by atoms with E-state index in [1.54, 1.807) is 30.1 Å². The lowest BCUT2D eigenvalue weighted by Crippen LogP contribution is -2.35. The number of dihydropyridines is 1. The number of carbonyl (C=O) groups excluding carboxylic acids is 2. The number of allylic oxidation sites excluding steroid dienone is 3. The SMILES string of the molecule is CSc1ccc([C@@H]2C(C(=O)Nc3ccccn3)=C(C)NC3=C2C(=O)CCC3)cc1. The number of rotatable bonds is 4. The van der Waals surface area contributed by atoms with Crippen LogP contribution in [0.5, 0.6) is 0 Å². The van der Waals surface area contributed by atoms with Crippen molar-refractivity contribution in [3.05, 3.63) is 76.8 Å². The van der Waals surface area contributed by atoms with Crippen molar-refractivity contribution < 1.29 is 9.59 Å². The molecule has 0 fully saturated rings. The number of hydrogen-bond donors (Lipinski definition) is 2. The molecule has 0 spiro atoms. The first-order valence-electron chi connectivity index (χ1n) is 9.69. The van der Waals surface area contributed by atoms with Gasteiger partial charge in [0.25, 0.3) is 5.91 Å². The molecule has 1 amide bonds. The van der Waals surface area contributed by atoms with Gasteiger partial charge in [-0.2, -0.15) is 0 Å². The Morgan fingerprint density at radius 2 is 1.97 bits per heavy atom. The fourth-order valence-corrected chi connectivity index (χ4v) is 4.44. The predicted octanol–water partition coefficient (Wildman–Crippen LogP) is 4.41. The van der Waals surface area contributed by atoms with E-state index in [1.807, 2.05) is 43.5 Å². The summed E-state index contributed by atoms with van der Waals surface area (Å²) in [7, 11) is 0. The molecule has 148 valence electrons. The lowest BCUT2D eigenvalue weighted by Gasteiger charge is -2.34. The van der Waals surface area contributed by atoms with Gasteiger partial charge in [0, 0.05) is 46.0 Å². The molecule has 0 radical (unpaired) electrons. The Kier molecular flexibility index (Phi) is 5.53. The monoisotopic (exact) mass is 405 g/mol. The average Bonchev–Trinajstić information content (AvgIpc) is 2.73. The van der Waals surface area contributed by atoms with Crippen LogP contribution in [0.4, 0.5) is 5.82 Å². The molecule has 0 saturated heterocycles. The summed E-state index contributed by atoms with van der Waals surface area (Å²) in [6, 6.07) is 13.5. The van der Waals surface area contributed by atoms with E-state index in [1.165, 1.54) is 0 Å². The van der Waals surface area contributed by atoms with Gasteiger partial charge >= 0.3 is 0 Å². The number of Topliss-reactive ketones (excluding diaryl/α,β-unsaturated/α-hetero) is 1. The van der Waals surface area contributed by atoms with E-state index in [2.05, 4.69) is 15.6 Å². The number of pyridine rings is 1. The summed E-state index contributed by atoms with van der Waals surface area (Å²) in [5.74, 6) is -0.00593. The minimum absolute atomic E-state index is 0.119. The number of benzene rings is 1. The zero-order chi connectivity index (χ0) is 20.4. The van der Waals surface area contributed by atoms with Crippen LogP contribution in [0.2, 0.25) is 0 Å². The number of nitrogens with zero attached hydrogens (tertiary/aromatic N) is 1. The van der Waals surface area contributed by atoms with Gasteiger partial charge in [0.2, 0.25) is 0 Å². The molecule has 29 heavy (non-hydrogen) atoms. The van der Waals surface area contributed by atoms with Gasteiger partial charge in [-0.3, -0.25) is 9.59 Å². The third kappa shape index (κ3) is 3.85. The summed E-state index contributed by atoms with van der Waals surface area (Å²) in [6.45, 7) is 1.90. The quantitative estimate of drug-likeness (QED) is 0.738. The molecule has 4 rings (SSSR count). The molecule has 1 aromatic carbocycles. The lowest BCUT2D eigenvalue weighted by molar-refractivity contribution is -0.116. The van der Waals surface area contributed by atoms with E-state index in [0.717, 1.165) is 40.3 Å². The van der Waals surface area contributed by atoms with Crippen molar-refractivity contribution in [1.82, 2.24) is 10.3 Å². The molecule has 1 atom stereocenters. The van der Waals surface area contributed by atoms with Crippen molar-refractivity contribution >= 4 is 29.3 Å². The number of thioether (sulfide) groups is 1. The van der Waals surface area contributed by atoms with Crippen LogP contribution in [0.1, 0.15) is 37.7 Å². The Bertz CT molecular complexity index is 1010. The molecule has 0 unspecified atom stereocenters. The van der Waals surface area contributed by atoms with Crippen LogP contribution in [0.15, 0.2) is 76.1 Å². The number of ketones is 1. The topological polar surface area (TPSA) is 71.1 Å². The zero-order valence-corrected chi connectivity index (χ0v) is 17.3. The van der Waals surface area contributed by atoms with Crippen LogP contribution in [0.25, 0.3) is 0 Å². The van der Waals surface area contributed by atoms with Gasteiger partial charge in [0.1, 0.15) is 5.82 Å². The zero-order valence-electron chi connectivity index (χ0n) is 16.5. The van der Waals surface area contributed by atoms with E-state index in [-0.39, 0.29) is 17.6 Å². The van der Waals surface area contributed by atoms with Crippen LogP contribution in [0.3, 0.4) is 0 Å². The van der Waals surface area contributed by atoms with Gasteiger partial charge in [0.15, 0.2) is 5.78 Å². The largest absolute Gasteiger partial charge is 0.362 e. The maximum Gasteiger partial charge on any atom is 0.255 e. The molecular formula is C23H23N3O2S. The number of anilines is 1. The van der Waals surface area contributed by atoms with Gasteiger partial charge < -0.3 is 10.6 Å². The molecule has 2 N–H and O–H groups in total. The minimum atomic E-state index is -0.376. The molecule has 0 bridgehead atoms.